The molecule has 7 nitrogen and oxygen atoms in total. The highest BCUT2D eigenvalue weighted by molar-refractivity contribution is 7.89. The van der Waals surface area contributed by atoms with Crippen LogP contribution in [0.15, 0.2) is 11.2 Å². The van der Waals surface area contributed by atoms with Crippen LogP contribution in [0, 0.1) is 0 Å². The maximum atomic E-state index is 12.2. The fourth-order valence-electron chi connectivity index (χ4n) is 2.36. The second kappa shape index (κ2) is 6.00. The van der Waals surface area contributed by atoms with Crippen molar-refractivity contribution in [2.45, 2.75) is 37.4 Å². The molecule has 19 heavy (non-hydrogen) atoms. The van der Waals surface area contributed by atoms with Gasteiger partial charge < -0.3 is 10.0 Å². The van der Waals surface area contributed by atoms with E-state index in [2.05, 4.69) is 26.7 Å². The summed E-state index contributed by atoms with van der Waals surface area (Å²) in [5, 5.41) is 15.2. The fraction of sp³-hybridized carbons (Fsp3) is 0.727. The van der Waals surface area contributed by atoms with Crippen molar-refractivity contribution in [1.29, 1.82) is 0 Å². The Hall–Kier alpha value is -0.960. The summed E-state index contributed by atoms with van der Waals surface area (Å²) >= 11 is 0. The van der Waals surface area contributed by atoms with Gasteiger partial charge in [0.25, 0.3) is 10.0 Å². The summed E-state index contributed by atoms with van der Waals surface area (Å²) in [6.45, 7) is 4.37. The normalized spacial score (nSPS) is 21.7. The Morgan fingerprint density at radius 3 is 3.11 bits per heavy atom. The lowest BCUT2D eigenvalue weighted by atomic mass is 10.1. The number of aromatic amines is 1. The van der Waals surface area contributed by atoms with Gasteiger partial charge in [-0.3, -0.25) is 5.10 Å². The lowest BCUT2D eigenvalue weighted by molar-refractivity contribution is 0.211. The SMILES string of the molecule is CCN1CCCC(NS(=O)(=O)c2[nH]ncc2CO)C1. The highest BCUT2D eigenvalue weighted by Gasteiger charge is 2.27. The number of rotatable bonds is 5. The maximum absolute atomic E-state index is 12.2. The van der Waals surface area contributed by atoms with E-state index in [4.69, 9.17) is 5.11 Å². The largest absolute Gasteiger partial charge is 0.392 e. The number of likely N-dealkylation sites (N-methyl/N-ethyl adjacent to an activating group) is 1. The number of hydrogen-bond donors (Lipinski definition) is 3. The maximum Gasteiger partial charge on any atom is 0.258 e. The molecule has 0 amide bonds. The standard InChI is InChI=1S/C11H20N4O3S/c1-2-15-5-3-4-10(7-15)14-19(17,18)11-9(8-16)6-12-13-11/h6,10,14,16H,2-5,7-8H2,1H3,(H,12,13). The smallest absolute Gasteiger partial charge is 0.258 e. The zero-order chi connectivity index (χ0) is 13.9. The highest BCUT2D eigenvalue weighted by atomic mass is 32.2. The molecule has 1 aliphatic heterocycles. The average molecular weight is 288 g/mol. The number of aliphatic hydroxyl groups is 1. The van der Waals surface area contributed by atoms with Crippen LogP contribution in [0.1, 0.15) is 25.3 Å². The van der Waals surface area contributed by atoms with E-state index in [-0.39, 0.29) is 23.2 Å². The van der Waals surface area contributed by atoms with E-state index >= 15 is 0 Å². The van der Waals surface area contributed by atoms with Crippen molar-refractivity contribution >= 4 is 10.0 Å². The molecular formula is C11H20N4O3S. The molecule has 1 aromatic heterocycles. The van der Waals surface area contributed by atoms with E-state index in [1.165, 1.54) is 6.20 Å². The van der Waals surface area contributed by atoms with Crippen molar-refractivity contribution in [3.63, 3.8) is 0 Å². The fourth-order valence-corrected chi connectivity index (χ4v) is 3.75. The molecule has 1 fully saturated rings. The van der Waals surface area contributed by atoms with Gasteiger partial charge in [0.05, 0.1) is 12.8 Å². The van der Waals surface area contributed by atoms with Gasteiger partial charge in [-0.15, -0.1) is 0 Å². The Bertz CT molecular complexity index is 514. The molecule has 1 unspecified atom stereocenters. The molecule has 1 aliphatic rings. The Morgan fingerprint density at radius 1 is 1.63 bits per heavy atom. The van der Waals surface area contributed by atoms with E-state index in [1.54, 1.807) is 0 Å². The summed E-state index contributed by atoms with van der Waals surface area (Å²) in [6, 6.07) is -0.0893. The Kier molecular flexibility index (Phi) is 4.56. The number of piperidine rings is 1. The summed E-state index contributed by atoms with van der Waals surface area (Å²) < 4.78 is 27.1. The summed E-state index contributed by atoms with van der Waals surface area (Å²) in [5.41, 5.74) is 0.288. The predicted molar refractivity (Wildman–Crippen MR) is 70.0 cm³/mol. The summed E-state index contributed by atoms with van der Waals surface area (Å²) in [4.78, 5) is 2.22. The van der Waals surface area contributed by atoms with Gasteiger partial charge in [-0.2, -0.15) is 5.10 Å². The summed E-state index contributed by atoms with van der Waals surface area (Å²) in [6.07, 6.45) is 3.14. The van der Waals surface area contributed by atoms with E-state index in [1.807, 2.05) is 0 Å². The van der Waals surface area contributed by atoms with Gasteiger partial charge in [0.1, 0.15) is 0 Å². The molecule has 3 N–H and O–H groups in total. The molecule has 0 aromatic carbocycles. The molecule has 0 spiro atoms. The number of sulfonamides is 1. The number of hydrogen-bond acceptors (Lipinski definition) is 5. The first-order chi connectivity index (χ1) is 9.06. The highest BCUT2D eigenvalue weighted by Crippen LogP contribution is 2.15. The van der Waals surface area contributed by atoms with Gasteiger partial charge in [0.15, 0.2) is 5.03 Å². The molecule has 0 bridgehead atoms. The molecule has 0 aliphatic carbocycles. The van der Waals surface area contributed by atoms with Gasteiger partial charge in [0, 0.05) is 18.2 Å². The molecule has 0 saturated carbocycles. The first-order valence-electron chi connectivity index (χ1n) is 6.44. The number of nitrogens with zero attached hydrogens (tertiary/aromatic N) is 2. The molecule has 0 radical (unpaired) electrons. The van der Waals surface area contributed by atoms with Crippen LogP contribution in [0.2, 0.25) is 0 Å². The van der Waals surface area contributed by atoms with Gasteiger partial charge in [0.2, 0.25) is 0 Å². The Morgan fingerprint density at radius 2 is 2.42 bits per heavy atom. The zero-order valence-corrected chi connectivity index (χ0v) is 11.8. The molecule has 1 saturated heterocycles. The quantitative estimate of drug-likeness (QED) is 0.689. The van der Waals surface area contributed by atoms with Crippen molar-refractivity contribution < 1.29 is 13.5 Å². The Labute approximate surface area is 113 Å². The number of aromatic nitrogens is 2. The van der Waals surface area contributed by atoms with Gasteiger partial charge >= 0.3 is 0 Å². The minimum absolute atomic E-state index is 0.0383. The second-order valence-corrected chi connectivity index (χ2v) is 6.39. The molecule has 8 heteroatoms. The third kappa shape index (κ3) is 3.33. The van der Waals surface area contributed by atoms with E-state index < -0.39 is 10.0 Å². The number of H-pyrrole nitrogens is 1. The monoisotopic (exact) mass is 288 g/mol. The molecule has 1 atom stereocenters. The van der Waals surface area contributed by atoms with Crippen LogP contribution in [-0.4, -0.2) is 54.3 Å². The van der Waals surface area contributed by atoms with Crippen LogP contribution in [0.4, 0.5) is 0 Å². The number of aliphatic hydroxyl groups excluding tert-OH is 1. The third-order valence-corrected chi connectivity index (χ3v) is 4.93. The minimum atomic E-state index is -3.65. The van der Waals surface area contributed by atoms with Crippen LogP contribution in [0.25, 0.3) is 0 Å². The zero-order valence-electron chi connectivity index (χ0n) is 11.0. The number of nitrogens with one attached hydrogen (secondary N) is 2. The first-order valence-corrected chi connectivity index (χ1v) is 7.93. The van der Waals surface area contributed by atoms with Crippen LogP contribution in [0.5, 0.6) is 0 Å². The van der Waals surface area contributed by atoms with Crippen LogP contribution in [-0.2, 0) is 16.6 Å². The summed E-state index contributed by atoms with van der Waals surface area (Å²) in [5.74, 6) is 0. The van der Waals surface area contributed by atoms with E-state index in [0.717, 1.165) is 32.5 Å². The molecule has 1 aromatic rings. The Balaban J connectivity index is 2.09. The van der Waals surface area contributed by atoms with Gasteiger partial charge in [-0.05, 0) is 25.9 Å². The second-order valence-electron chi connectivity index (χ2n) is 4.74. The first kappa shape index (κ1) is 14.4. The van der Waals surface area contributed by atoms with Crippen LogP contribution >= 0.6 is 0 Å². The molecule has 2 heterocycles. The van der Waals surface area contributed by atoms with E-state index in [9.17, 15) is 8.42 Å². The van der Waals surface area contributed by atoms with Crippen molar-refractivity contribution in [3.05, 3.63) is 11.8 Å². The topological polar surface area (TPSA) is 98.3 Å². The predicted octanol–water partition coefficient (Wildman–Crippen LogP) is -0.335. The van der Waals surface area contributed by atoms with Crippen LogP contribution in [0.3, 0.4) is 0 Å². The van der Waals surface area contributed by atoms with E-state index in [0.29, 0.717) is 0 Å². The average Bonchev–Trinajstić information content (AvgIpc) is 2.87. The van der Waals surface area contributed by atoms with Crippen molar-refractivity contribution in [1.82, 2.24) is 19.8 Å². The van der Waals surface area contributed by atoms with Crippen LogP contribution < -0.4 is 4.72 Å². The van der Waals surface area contributed by atoms with Crippen molar-refractivity contribution in [2.24, 2.45) is 0 Å². The minimum Gasteiger partial charge on any atom is -0.392 e. The lowest BCUT2D eigenvalue weighted by Gasteiger charge is -2.31. The van der Waals surface area contributed by atoms with Gasteiger partial charge in [-0.1, -0.05) is 6.92 Å². The molecular weight excluding hydrogens is 268 g/mol. The summed E-state index contributed by atoms with van der Waals surface area (Å²) in [7, 11) is -3.65. The molecule has 108 valence electrons. The number of likely N-dealkylation sites (tertiary alicyclic amines) is 1. The third-order valence-electron chi connectivity index (χ3n) is 3.39. The van der Waals surface area contributed by atoms with Crippen molar-refractivity contribution in [3.8, 4) is 0 Å². The van der Waals surface area contributed by atoms with Gasteiger partial charge in [-0.25, -0.2) is 13.1 Å². The molecule has 2 rings (SSSR count). The van der Waals surface area contributed by atoms with Crippen molar-refractivity contribution in [2.75, 3.05) is 19.6 Å². The lowest BCUT2D eigenvalue weighted by Crippen LogP contribution is -2.47.